The number of aryl methyl sites for hydroxylation is 1. The molecule has 0 aliphatic carbocycles. The normalized spacial score (nSPS) is 14.9. The maximum atomic E-state index is 12.1. The van der Waals surface area contributed by atoms with E-state index < -0.39 is 0 Å². The summed E-state index contributed by atoms with van der Waals surface area (Å²) in [6.45, 7) is 15.6. The second-order valence-corrected chi connectivity index (χ2v) is 9.02. The fourth-order valence-electron chi connectivity index (χ4n) is 3.48. The van der Waals surface area contributed by atoms with Gasteiger partial charge in [-0.05, 0) is 51.9 Å². The SMILES string of the molecule is CCN1CCN(c2nc(SCc3ccc(C(=O)NC(C)C)cc3)nc(C)c2C)CC1. The lowest BCUT2D eigenvalue weighted by molar-refractivity contribution is 0.0943. The number of rotatable bonds is 7. The van der Waals surface area contributed by atoms with Crippen molar-refractivity contribution in [1.29, 1.82) is 0 Å². The first-order valence-electron chi connectivity index (χ1n) is 10.7. The van der Waals surface area contributed by atoms with E-state index in [-0.39, 0.29) is 11.9 Å². The lowest BCUT2D eigenvalue weighted by Crippen LogP contribution is -2.46. The number of benzene rings is 1. The summed E-state index contributed by atoms with van der Waals surface area (Å²) in [4.78, 5) is 26.6. The summed E-state index contributed by atoms with van der Waals surface area (Å²) in [6.07, 6.45) is 0. The minimum Gasteiger partial charge on any atom is -0.354 e. The van der Waals surface area contributed by atoms with E-state index in [1.54, 1.807) is 11.8 Å². The molecule has 7 heteroatoms. The third-order valence-corrected chi connectivity index (χ3v) is 6.38. The number of carbonyl (C=O) groups excluding carboxylic acids is 1. The first-order valence-corrected chi connectivity index (χ1v) is 11.7. The first kappa shape index (κ1) is 22.6. The number of nitrogens with zero attached hydrogens (tertiary/aromatic N) is 4. The Morgan fingerprint density at radius 3 is 2.37 bits per heavy atom. The van der Waals surface area contributed by atoms with Gasteiger partial charge >= 0.3 is 0 Å². The fourth-order valence-corrected chi connectivity index (χ4v) is 4.32. The van der Waals surface area contributed by atoms with Crippen LogP contribution in [0.1, 0.15) is 48.0 Å². The van der Waals surface area contributed by atoms with Crippen molar-refractivity contribution in [1.82, 2.24) is 20.2 Å². The average Bonchev–Trinajstić information content (AvgIpc) is 2.74. The van der Waals surface area contributed by atoms with E-state index in [0.717, 1.165) is 60.7 Å². The number of likely N-dealkylation sites (N-methyl/N-ethyl adjacent to an activating group) is 1. The molecule has 0 saturated carbocycles. The van der Waals surface area contributed by atoms with E-state index >= 15 is 0 Å². The molecule has 1 aliphatic heterocycles. The Hall–Kier alpha value is -2.12. The maximum absolute atomic E-state index is 12.1. The van der Waals surface area contributed by atoms with E-state index in [1.165, 1.54) is 5.56 Å². The number of hydrogen-bond acceptors (Lipinski definition) is 6. The summed E-state index contributed by atoms with van der Waals surface area (Å²) in [5.41, 5.74) is 4.06. The topological polar surface area (TPSA) is 61.4 Å². The highest BCUT2D eigenvalue weighted by Crippen LogP contribution is 2.27. The van der Waals surface area contributed by atoms with Crippen LogP contribution in [0.15, 0.2) is 29.4 Å². The zero-order chi connectivity index (χ0) is 21.7. The average molecular weight is 428 g/mol. The van der Waals surface area contributed by atoms with Crippen LogP contribution in [0.25, 0.3) is 0 Å². The zero-order valence-electron chi connectivity index (χ0n) is 18.7. The molecule has 1 fully saturated rings. The molecule has 1 N–H and O–H groups in total. The van der Waals surface area contributed by atoms with Crippen LogP contribution < -0.4 is 10.2 Å². The van der Waals surface area contributed by atoms with E-state index in [0.29, 0.717) is 5.56 Å². The minimum absolute atomic E-state index is 0.0329. The van der Waals surface area contributed by atoms with Crippen LogP contribution in [0.3, 0.4) is 0 Å². The van der Waals surface area contributed by atoms with Crippen molar-refractivity contribution in [3.8, 4) is 0 Å². The largest absolute Gasteiger partial charge is 0.354 e. The van der Waals surface area contributed by atoms with Crippen molar-refractivity contribution in [2.24, 2.45) is 0 Å². The number of thioether (sulfide) groups is 1. The maximum Gasteiger partial charge on any atom is 0.251 e. The van der Waals surface area contributed by atoms with Gasteiger partial charge in [-0.25, -0.2) is 9.97 Å². The van der Waals surface area contributed by atoms with Gasteiger partial charge in [-0.2, -0.15) is 0 Å². The molecule has 0 bridgehead atoms. The predicted octanol–water partition coefficient (Wildman–Crippen LogP) is 3.67. The predicted molar refractivity (Wildman–Crippen MR) is 124 cm³/mol. The van der Waals surface area contributed by atoms with Gasteiger partial charge in [0.15, 0.2) is 5.16 Å². The molecule has 1 aliphatic rings. The van der Waals surface area contributed by atoms with Crippen LogP contribution >= 0.6 is 11.8 Å². The highest BCUT2D eigenvalue weighted by Gasteiger charge is 2.20. The molecule has 0 atom stereocenters. The Morgan fingerprint density at radius 2 is 1.77 bits per heavy atom. The molecule has 30 heavy (non-hydrogen) atoms. The van der Waals surface area contributed by atoms with Crippen LogP contribution in [0, 0.1) is 13.8 Å². The highest BCUT2D eigenvalue weighted by molar-refractivity contribution is 7.98. The summed E-state index contributed by atoms with van der Waals surface area (Å²) in [7, 11) is 0. The molecule has 6 nitrogen and oxygen atoms in total. The molecule has 1 aromatic carbocycles. The van der Waals surface area contributed by atoms with Crippen molar-refractivity contribution < 1.29 is 4.79 Å². The van der Waals surface area contributed by atoms with E-state index in [4.69, 9.17) is 9.97 Å². The monoisotopic (exact) mass is 427 g/mol. The lowest BCUT2D eigenvalue weighted by atomic mass is 10.1. The minimum atomic E-state index is -0.0329. The summed E-state index contributed by atoms with van der Waals surface area (Å²) in [5.74, 6) is 1.81. The number of amides is 1. The molecule has 0 radical (unpaired) electrons. The Morgan fingerprint density at radius 1 is 1.10 bits per heavy atom. The molecule has 0 spiro atoms. The van der Waals surface area contributed by atoms with Gasteiger partial charge in [0.25, 0.3) is 5.91 Å². The summed E-state index contributed by atoms with van der Waals surface area (Å²) in [5, 5.41) is 3.73. The molecule has 1 aromatic heterocycles. The third kappa shape index (κ3) is 5.73. The lowest BCUT2D eigenvalue weighted by Gasteiger charge is -2.35. The summed E-state index contributed by atoms with van der Waals surface area (Å²) < 4.78 is 0. The van der Waals surface area contributed by atoms with Gasteiger partial charge in [0, 0.05) is 54.8 Å². The van der Waals surface area contributed by atoms with Crippen LogP contribution in [-0.4, -0.2) is 59.5 Å². The second-order valence-electron chi connectivity index (χ2n) is 8.08. The number of aromatic nitrogens is 2. The van der Waals surface area contributed by atoms with Gasteiger partial charge in [-0.15, -0.1) is 0 Å². The van der Waals surface area contributed by atoms with Crippen molar-refractivity contribution in [2.45, 2.75) is 51.6 Å². The van der Waals surface area contributed by atoms with Crippen molar-refractivity contribution in [3.05, 3.63) is 46.6 Å². The molecular formula is C23H33N5OS. The van der Waals surface area contributed by atoms with E-state index in [1.807, 2.05) is 38.1 Å². The standard InChI is InChI=1S/C23H33N5OS/c1-6-27-11-13-28(14-12-27)21-17(4)18(5)25-23(26-21)30-15-19-7-9-20(10-8-19)22(29)24-16(2)3/h7-10,16H,6,11-15H2,1-5H3,(H,24,29). The van der Waals surface area contributed by atoms with Gasteiger partial charge in [-0.3, -0.25) is 4.79 Å². The quantitative estimate of drug-likeness (QED) is 0.537. The molecule has 1 saturated heterocycles. The zero-order valence-corrected chi connectivity index (χ0v) is 19.6. The summed E-state index contributed by atoms with van der Waals surface area (Å²) in [6, 6.07) is 7.91. The number of anilines is 1. The Labute approximate surface area is 184 Å². The molecule has 1 amide bonds. The number of piperazine rings is 1. The molecule has 2 aromatic rings. The number of carbonyl (C=O) groups is 1. The van der Waals surface area contributed by atoms with Gasteiger partial charge < -0.3 is 15.1 Å². The Bertz CT molecular complexity index is 861. The molecule has 3 rings (SSSR count). The molecule has 0 unspecified atom stereocenters. The second kappa shape index (κ2) is 10.3. The molecule has 2 heterocycles. The van der Waals surface area contributed by atoms with Gasteiger partial charge in [0.2, 0.25) is 0 Å². The molecule has 162 valence electrons. The van der Waals surface area contributed by atoms with Crippen molar-refractivity contribution >= 4 is 23.5 Å². The third-order valence-electron chi connectivity index (χ3n) is 5.47. The van der Waals surface area contributed by atoms with Crippen LogP contribution in [0.2, 0.25) is 0 Å². The van der Waals surface area contributed by atoms with Crippen molar-refractivity contribution in [3.63, 3.8) is 0 Å². The van der Waals surface area contributed by atoms with Crippen LogP contribution in [0.4, 0.5) is 5.82 Å². The first-order chi connectivity index (χ1) is 14.4. The highest BCUT2D eigenvalue weighted by atomic mass is 32.2. The number of hydrogen-bond donors (Lipinski definition) is 1. The van der Waals surface area contributed by atoms with Crippen molar-refractivity contribution in [2.75, 3.05) is 37.6 Å². The Kier molecular flexibility index (Phi) is 7.72. The van der Waals surface area contributed by atoms with Gasteiger partial charge in [0.05, 0.1) is 0 Å². The summed E-state index contributed by atoms with van der Waals surface area (Å²) >= 11 is 1.64. The van der Waals surface area contributed by atoms with Gasteiger partial charge in [-0.1, -0.05) is 30.8 Å². The fraction of sp³-hybridized carbons (Fsp3) is 0.522. The molecular weight excluding hydrogens is 394 g/mol. The van der Waals surface area contributed by atoms with E-state index in [9.17, 15) is 4.79 Å². The number of nitrogens with one attached hydrogen (secondary N) is 1. The van der Waals surface area contributed by atoms with Crippen LogP contribution in [-0.2, 0) is 5.75 Å². The Balaban J connectivity index is 1.66. The van der Waals surface area contributed by atoms with Crippen LogP contribution in [0.5, 0.6) is 0 Å². The van der Waals surface area contributed by atoms with E-state index in [2.05, 4.69) is 35.9 Å². The van der Waals surface area contributed by atoms with Gasteiger partial charge in [0.1, 0.15) is 5.82 Å². The smallest absolute Gasteiger partial charge is 0.251 e.